The summed E-state index contributed by atoms with van der Waals surface area (Å²) in [6.45, 7) is 7.84. The van der Waals surface area contributed by atoms with E-state index in [9.17, 15) is 10.1 Å². The molecule has 1 aliphatic rings. The number of aryl methyl sites for hydroxylation is 2. The molecule has 2 heterocycles. The summed E-state index contributed by atoms with van der Waals surface area (Å²) in [5, 5.41) is 19.3. The average molecular weight is 295 g/mol. The van der Waals surface area contributed by atoms with Crippen molar-refractivity contribution >= 4 is 11.5 Å². The van der Waals surface area contributed by atoms with Crippen molar-refractivity contribution in [3.63, 3.8) is 0 Å². The van der Waals surface area contributed by atoms with Crippen molar-refractivity contribution in [2.45, 2.75) is 52.1 Å². The van der Waals surface area contributed by atoms with Crippen molar-refractivity contribution in [3.05, 3.63) is 15.8 Å². The molecule has 1 aromatic heterocycles. The Morgan fingerprint density at radius 2 is 2.29 bits per heavy atom. The highest BCUT2D eigenvalue weighted by Crippen LogP contribution is 2.33. The zero-order valence-corrected chi connectivity index (χ0v) is 13.3. The summed E-state index contributed by atoms with van der Waals surface area (Å²) in [5.74, 6) is 0.626. The molecule has 0 aliphatic carbocycles. The normalized spacial score (nSPS) is 18.4. The van der Waals surface area contributed by atoms with Gasteiger partial charge in [-0.05, 0) is 39.7 Å². The molecule has 0 bridgehead atoms. The Labute approximate surface area is 125 Å². The van der Waals surface area contributed by atoms with Gasteiger partial charge in [-0.2, -0.15) is 5.10 Å². The van der Waals surface area contributed by atoms with Crippen LogP contribution in [0.15, 0.2) is 0 Å². The fourth-order valence-corrected chi connectivity index (χ4v) is 3.00. The summed E-state index contributed by atoms with van der Waals surface area (Å²) in [5.41, 5.74) is 0.717. The number of nitro groups is 1. The van der Waals surface area contributed by atoms with E-state index in [0.717, 1.165) is 19.5 Å². The van der Waals surface area contributed by atoms with Gasteiger partial charge in [-0.3, -0.25) is 10.1 Å². The summed E-state index contributed by atoms with van der Waals surface area (Å²) in [7, 11) is 1.79. The summed E-state index contributed by atoms with van der Waals surface area (Å²) in [4.78, 5) is 13.3. The first kappa shape index (κ1) is 15.8. The van der Waals surface area contributed by atoms with Crippen LogP contribution in [0.3, 0.4) is 0 Å². The summed E-state index contributed by atoms with van der Waals surface area (Å²) >= 11 is 0. The quantitative estimate of drug-likeness (QED) is 0.640. The first-order valence-electron chi connectivity index (χ1n) is 7.66. The van der Waals surface area contributed by atoms with Crippen LogP contribution >= 0.6 is 0 Å². The van der Waals surface area contributed by atoms with Crippen molar-refractivity contribution < 1.29 is 4.92 Å². The summed E-state index contributed by atoms with van der Waals surface area (Å²) in [6.07, 6.45) is 2.86. The number of aromatic nitrogens is 2. The molecule has 1 fully saturated rings. The molecule has 1 unspecified atom stereocenters. The van der Waals surface area contributed by atoms with Gasteiger partial charge in [0, 0.05) is 25.7 Å². The van der Waals surface area contributed by atoms with Crippen LogP contribution in [0, 0.1) is 10.1 Å². The number of rotatable bonds is 6. The first-order chi connectivity index (χ1) is 9.95. The van der Waals surface area contributed by atoms with E-state index in [1.165, 1.54) is 6.42 Å². The second-order valence-corrected chi connectivity index (χ2v) is 5.89. The molecule has 7 heteroatoms. The Bertz CT molecular complexity index is 506. The maximum Gasteiger partial charge on any atom is 0.334 e. The van der Waals surface area contributed by atoms with Crippen LogP contribution in [0.4, 0.5) is 11.5 Å². The van der Waals surface area contributed by atoms with Gasteiger partial charge in [0.1, 0.15) is 5.69 Å². The zero-order chi connectivity index (χ0) is 15.6. The lowest BCUT2D eigenvalue weighted by Gasteiger charge is -2.30. The van der Waals surface area contributed by atoms with E-state index in [0.29, 0.717) is 24.0 Å². The SMILES string of the molecule is CCc1nn(C)c(N(CC2CCCN2)C(C)C)c1[N+](=O)[O-]. The minimum absolute atomic E-state index is 0.159. The number of hydrogen-bond donors (Lipinski definition) is 1. The lowest BCUT2D eigenvalue weighted by Crippen LogP contribution is -2.42. The standard InChI is InChI=1S/C14H25N5O2/c1-5-12-13(19(20)21)14(17(4)16-12)18(10(2)3)9-11-7-6-8-15-11/h10-11,15H,5-9H2,1-4H3. The number of hydrogen-bond acceptors (Lipinski definition) is 5. The molecule has 0 aromatic carbocycles. The molecular weight excluding hydrogens is 270 g/mol. The lowest BCUT2D eigenvalue weighted by molar-refractivity contribution is -0.384. The van der Waals surface area contributed by atoms with E-state index >= 15 is 0 Å². The van der Waals surface area contributed by atoms with E-state index in [4.69, 9.17) is 0 Å². The largest absolute Gasteiger partial charge is 0.347 e. The Balaban J connectivity index is 2.39. The third-order valence-corrected chi connectivity index (χ3v) is 4.05. The van der Waals surface area contributed by atoms with E-state index in [1.807, 2.05) is 6.92 Å². The molecule has 1 aliphatic heterocycles. The molecule has 1 aromatic rings. The van der Waals surface area contributed by atoms with Crippen LogP contribution < -0.4 is 10.2 Å². The molecule has 7 nitrogen and oxygen atoms in total. The number of anilines is 1. The summed E-state index contributed by atoms with van der Waals surface area (Å²) in [6, 6.07) is 0.582. The van der Waals surface area contributed by atoms with Crippen LogP contribution in [-0.4, -0.2) is 39.9 Å². The van der Waals surface area contributed by atoms with Crippen LogP contribution in [0.5, 0.6) is 0 Å². The second kappa shape index (κ2) is 6.43. The third-order valence-electron chi connectivity index (χ3n) is 4.05. The minimum atomic E-state index is -0.293. The lowest BCUT2D eigenvalue weighted by atomic mass is 10.1. The summed E-state index contributed by atoms with van der Waals surface area (Å²) < 4.78 is 1.66. The van der Waals surface area contributed by atoms with Crippen LogP contribution in [-0.2, 0) is 13.5 Å². The van der Waals surface area contributed by atoms with Gasteiger partial charge in [-0.25, -0.2) is 4.68 Å². The molecule has 118 valence electrons. The molecule has 1 saturated heterocycles. The number of nitrogens with zero attached hydrogens (tertiary/aromatic N) is 4. The molecule has 1 atom stereocenters. The first-order valence-corrected chi connectivity index (χ1v) is 7.66. The van der Waals surface area contributed by atoms with Crippen LogP contribution in [0.25, 0.3) is 0 Å². The molecule has 0 saturated carbocycles. The number of nitrogens with one attached hydrogen (secondary N) is 1. The van der Waals surface area contributed by atoms with E-state index in [-0.39, 0.29) is 16.7 Å². The monoisotopic (exact) mass is 295 g/mol. The van der Waals surface area contributed by atoms with E-state index in [1.54, 1.807) is 11.7 Å². The van der Waals surface area contributed by atoms with Gasteiger partial charge < -0.3 is 10.2 Å². The maximum absolute atomic E-state index is 11.5. The minimum Gasteiger partial charge on any atom is -0.347 e. The predicted octanol–water partition coefficient (Wildman–Crippen LogP) is 1.86. The maximum atomic E-state index is 11.5. The highest BCUT2D eigenvalue weighted by atomic mass is 16.6. The van der Waals surface area contributed by atoms with Crippen LogP contribution in [0.2, 0.25) is 0 Å². The van der Waals surface area contributed by atoms with Crippen molar-refractivity contribution in [3.8, 4) is 0 Å². The Morgan fingerprint density at radius 3 is 2.76 bits per heavy atom. The van der Waals surface area contributed by atoms with E-state index in [2.05, 4.69) is 29.2 Å². The van der Waals surface area contributed by atoms with Gasteiger partial charge in [0.05, 0.1) is 4.92 Å². The van der Waals surface area contributed by atoms with Crippen molar-refractivity contribution in [1.29, 1.82) is 0 Å². The van der Waals surface area contributed by atoms with Gasteiger partial charge in [-0.15, -0.1) is 0 Å². The van der Waals surface area contributed by atoms with Crippen LogP contribution in [0.1, 0.15) is 39.3 Å². The fourth-order valence-electron chi connectivity index (χ4n) is 3.00. The molecule has 21 heavy (non-hydrogen) atoms. The average Bonchev–Trinajstić information content (AvgIpc) is 3.02. The van der Waals surface area contributed by atoms with E-state index < -0.39 is 0 Å². The Morgan fingerprint density at radius 1 is 1.57 bits per heavy atom. The Hall–Kier alpha value is -1.63. The second-order valence-electron chi connectivity index (χ2n) is 5.89. The molecule has 1 N–H and O–H groups in total. The topological polar surface area (TPSA) is 76.2 Å². The highest BCUT2D eigenvalue weighted by molar-refractivity contribution is 5.62. The van der Waals surface area contributed by atoms with Crippen molar-refractivity contribution in [1.82, 2.24) is 15.1 Å². The van der Waals surface area contributed by atoms with Crippen molar-refractivity contribution in [2.75, 3.05) is 18.0 Å². The smallest absolute Gasteiger partial charge is 0.334 e. The van der Waals surface area contributed by atoms with Gasteiger partial charge in [0.15, 0.2) is 0 Å². The highest BCUT2D eigenvalue weighted by Gasteiger charge is 2.32. The Kier molecular flexibility index (Phi) is 4.82. The third kappa shape index (κ3) is 3.18. The molecular formula is C14H25N5O2. The molecule has 0 amide bonds. The fraction of sp³-hybridized carbons (Fsp3) is 0.786. The van der Waals surface area contributed by atoms with Gasteiger partial charge in [-0.1, -0.05) is 6.92 Å². The van der Waals surface area contributed by atoms with Gasteiger partial charge >= 0.3 is 5.69 Å². The van der Waals surface area contributed by atoms with Gasteiger partial charge in [0.25, 0.3) is 0 Å². The molecule has 0 radical (unpaired) electrons. The van der Waals surface area contributed by atoms with Crippen molar-refractivity contribution in [2.24, 2.45) is 7.05 Å². The molecule has 0 spiro atoms. The zero-order valence-electron chi connectivity index (χ0n) is 13.3. The molecule has 2 rings (SSSR count). The predicted molar refractivity (Wildman–Crippen MR) is 82.7 cm³/mol. The van der Waals surface area contributed by atoms with Gasteiger partial charge in [0.2, 0.25) is 5.82 Å².